The number of aromatic nitrogens is 4. The lowest BCUT2D eigenvalue weighted by Gasteiger charge is -2.42. The number of rotatable bonds is 11. The van der Waals surface area contributed by atoms with Crippen LogP contribution in [0.15, 0.2) is 30.5 Å². The Hall–Kier alpha value is -4.82. The Balaban J connectivity index is 1.17. The maximum absolute atomic E-state index is 17.8. The van der Waals surface area contributed by atoms with Gasteiger partial charge in [-0.3, -0.25) is 14.5 Å². The smallest absolute Gasteiger partial charge is 0.415 e. The Morgan fingerprint density at radius 2 is 1.81 bits per heavy atom. The number of terminal acetylenes is 1. The van der Waals surface area contributed by atoms with Gasteiger partial charge in [-0.05, 0) is 61.3 Å². The van der Waals surface area contributed by atoms with E-state index in [2.05, 4.69) is 15.7 Å². The number of piperazine rings is 1. The molecule has 9 rings (SSSR count). The lowest BCUT2D eigenvalue weighted by Crippen LogP contribution is -2.54. The first kappa shape index (κ1) is 38.7. The van der Waals surface area contributed by atoms with Gasteiger partial charge < -0.3 is 24.2 Å². The van der Waals surface area contributed by atoms with E-state index in [1.807, 2.05) is 0 Å². The number of aromatic hydroxyl groups is 1. The standard InChI is InChI=1S/C42H44F5N7O4/c1-4-28-31(43)9-6-24-16-27(55)17-29(33(24)28)34-36(44)38-35(30-20-51(2)50-37(30)34)39(54-25-7-8-26(54)19-52(18-25)12-5-14-56-3)49-40(48-38)58-23-41(10-11-41)22-53-13-15-57-32(21-53)42(45,46)47/h1,6,9,16-17,20,25-26,32,55H,5,7-8,10-15,18-19,21-23H2,2-3H3. The van der Waals surface area contributed by atoms with Gasteiger partial charge >= 0.3 is 12.2 Å². The second-order valence-electron chi connectivity index (χ2n) is 16.3. The van der Waals surface area contributed by atoms with E-state index >= 15 is 8.78 Å². The number of hydrogen-bond acceptors (Lipinski definition) is 10. The Morgan fingerprint density at radius 1 is 1.03 bits per heavy atom. The van der Waals surface area contributed by atoms with Crippen LogP contribution in [0.3, 0.4) is 0 Å². The number of aryl methyl sites for hydroxylation is 1. The van der Waals surface area contributed by atoms with E-state index in [-0.39, 0.29) is 76.7 Å². The average Bonchev–Trinajstić information content (AvgIpc) is 3.76. The van der Waals surface area contributed by atoms with Crippen molar-refractivity contribution in [3.63, 3.8) is 0 Å². The zero-order valence-electron chi connectivity index (χ0n) is 32.3. The van der Waals surface area contributed by atoms with Crippen LogP contribution >= 0.6 is 0 Å². The number of phenols is 1. The van der Waals surface area contributed by atoms with Crippen LogP contribution in [-0.2, 0) is 16.5 Å². The van der Waals surface area contributed by atoms with Crippen LogP contribution in [0.25, 0.3) is 43.7 Å². The minimum atomic E-state index is -4.46. The van der Waals surface area contributed by atoms with Crippen LogP contribution in [-0.4, -0.2) is 125 Å². The molecule has 3 atom stereocenters. The first-order valence-corrected chi connectivity index (χ1v) is 19.7. The van der Waals surface area contributed by atoms with Gasteiger partial charge in [0.05, 0.1) is 24.2 Å². The largest absolute Gasteiger partial charge is 0.508 e. The molecule has 1 saturated carbocycles. The van der Waals surface area contributed by atoms with Gasteiger partial charge in [-0.1, -0.05) is 12.0 Å². The van der Waals surface area contributed by atoms with Crippen LogP contribution in [0.5, 0.6) is 11.8 Å². The number of fused-ring (bicyclic) bond motifs is 6. The number of hydrogen-bond donors (Lipinski definition) is 1. The number of methoxy groups -OCH3 is 1. The second-order valence-corrected chi connectivity index (χ2v) is 16.3. The first-order chi connectivity index (χ1) is 27.9. The minimum absolute atomic E-state index is 0.0159. The molecule has 1 aliphatic carbocycles. The predicted octanol–water partition coefficient (Wildman–Crippen LogP) is 6.41. The summed E-state index contributed by atoms with van der Waals surface area (Å²) in [4.78, 5) is 16.3. The van der Waals surface area contributed by atoms with Crippen molar-refractivity contribution in [1.82, 2.24) is 29.5 Å². The topological polar surface area (TPSA) is 101 Å². The van der Waals surface area contributed by atoms with Crippen LogP contribution in [0.2, 0.25) is 0 Å². The van der Waals surface area contributed by atoms with Crippen molar-refractivity contribution < 1.29 is 41.3 Å². The fourth-order valence-electron chi connectivity index (χ4n) is 9.39. The van der Waals surface area contributed by atoms with Gasteiger partial charge in [0, 0.05) is 100 Å². The molecule has 3 aliphatic heterocycles. The van der Waals surface area contributed by atoms with Crippen molar-refractivity contribution in [2.45, 2.75) is 56.5 Å². The van der Waals surface area contributed by atoms with Crippen LogP contribution in [0.4, 0.5) is 27.8 Å². The van der Waals surface area contributed by atoms with Crippen molar-refractivity contribution >= 4 is 38.4 Å². The molecule has 0 radical (unpaired) electrons. The highest BCUT2D eigenvalue weighted by Gasteiger charge is 2.49. The van der Waals surface area contributed by atoms with Gasteiger partial charge in [0.2, 0.25) is 0 Å². The molecule has 58 heavy (non-hydrogen) atoms. The highest BCUT2D eigenvalue weighted by molar-refractivity contribution is 6.18. The van der Waals surface area contributed by atoms with Crippen molar-refractivity contribution in [2.24, 2.45) is 12.5 Å². The SMILES string of the molecule is C#Cc1c(F)ccc2cc(O)cc(-c3c(F)c4nc(OCC5(CN6CCOC(C(F)(F)F)C6)CC5)nc(N5C6CCC5CN(CCCOC)C6)c4c4cn(C)nc34)c12. The van der Waals surface area contributed by atoms with Crippen LogP contribution < -0.4 is 9.64 Å². The quantitative estimate of drug-likeness (QED) is 0.0916. The minimum Gasteiger partial charge on any atom is -0.508 e. The number of halogens is 5. The number of anilines is 1. The van der Waals surface area contributed by atoms with Gasteiger partial charge in [-0.2, -0.15) is 28.2 Å². The van der Waals surface area contributed by atoms with E-state index in [9.17, 15) is 18.3 Å². The van der Waals surface area contributed by atoms with Crippen molar-refractivity contribution in [2.75, 3.05) is 71.1 Å². The molecule has 5 heterocycles. The fourth-order valence-corrected chi connectivity index (χ4v) is 9.39. The molecule has 3 saturated heterocycles. The van der Waals surface area contributed by atoms with Crippen molar-refractivity contribution in [1.29, 1.82) is 0 Å². The highest BCUT2D eigenvalue weighted by Crippen LogP contribution is 2.49. The molecule has 0 spiro atoms. The summed E-state index contributed by atoms with van der Waals surface area (Å²) in [5.41, 5.74) is -0.157. The molecule has 5 aromatic rings. The van der Waals surface area contributed by atoms with E-state index in [0.717, 1.165) is 51.7 Å². The van der Waals surface area contributed by atoms with E-state index in [1.54, 1.807) is 29.9 Å². The van der Waals surface area contributed by atoms with Crippen LogP contribution in [0.1, 0.15) is 37.7 Å². The van der Waals surface area contributed by atoms with Crippen molar-refractivity contribution in [3.8, 4) is 35.2 Å². The first-order valence-electron chi connectivity index (χ1n) is 19.7. The Bertz CT molecular complexity index is 2430. The summed E-state index contributed by atoms with van der Waals surface area (Å²) in [6.45, 7) is 3.69. The summed E-state index contributed by atoms with van der Waals surface area (Å²) in [5, 5.41) is 17.3. The van der Waals surface area contributed by atoms with E-state index < -0.39 is 29.3 Å². The summed E-state index contributed by atoms with van der Waals surface area (Å²) in [6, 6.07) is 5.56. The van der Waals surface area contributed by atoms with E-state index in [0.29, 0.717) is 41.7 Å². The molecule has 4 aliphatic rings. The molecule has 2 aromatic heterocycles. The van der Waals surface area contributed by atoms with E-state index in [1.165, 1.54) is 24.3 Å². The van der Waals surface area contributed by atoms with Gasteiger partial charge in [0.1, 0.15) is 28.4 Å². The van der Waals surface area contributed by atoms with Gasteiger partial charge in [-0.25, -0.2) is 8.78 Å². The number of likely N-dealkylation sites (tertiary alicyclic amines) is 1. The Labute approximate surface area is 331 Å². The maximum Gasteiger partial charge on any atom is 0.415 e. The van der Waals surface area contributed by atoms with Gasteiger partial charge in [-0.15, -0.1) is 6.42 Å². The molecular formula is C42H44F5N7O4. The van der Waals surface area contributed by atoms with Gasteiger partial charge in [0.15, 0.2) is 11.9 Å². The Kier molecular flexibility index (Phi) is 9.85. The lowest BCUT2D eigenvalue weighted by molar-refractivity contribution is -0.238. The summed E-state index contributed by atoms with van der Waals surface area (Å²) < 4.78 is 92.0. The summed E-state index contributed by atoms with van der Waals surface area (Å²) in [6.07, 6.45) is 5.48. The maximum atomic E-state index is 17.8. The molecule has 16 heteroatoms. The number of alkyl halides is 3. The predicted molar refractivity (Wildman–Crippen MR) is 208 cm³/mol. The number of morpholine rings is 1. The molecule has 3 aromatic carbocycles. The third kappa shape index (κ3) is 6.95. The average molecular weight is 806 g/mol. The zero-order valence-corrected chi connectivity index (χ0v) is 32.3. The molecule has 0 amide bonds. The number of benzene rings is 3. The molecule has 1 N–H and O–H groups in total. The molecule has 2 bridgehead atoms. The van der Waals surface area contributed by atoms with Crippen molar-refractivity contribution in [3.05, 3.63) is 47.7 Å². The number of phenolic OH excluding ortho intramolecular Hbond substituents is 1. The molecule has 11 nitrogen and oxygen atoms in total. The second kappa shape index (κ2) is 14.8. The third-order valence-electron chi connectivity index (χ3n) is 12.3. The summed E-state index contributed by atoms with van der Waals surface area (Å²) in [5.74, 6) is 1.31. The highest BCUT2D eigenvalue weighted by atomic mass is 19.4. The monoisotopic (exact) mass is 805 g/mol. The summed E-state index contributed by atoms with van der Waals surface area (Å²) >= 11 is 0. The van der Waals surface area contributed by atoms with Gasteiger partial charge in [0.25, 0.3) is 0 Å². The molecule has 4 fully saturated rings. The lowest BCUT2D eigenvalue weighted by atomic mass is 9.91. The summed E-state index contributed by atoms with van der Waals surface area (Å²) in [7, 11) is 3.42. The zero-order chi connectivity index (χ0) is 40.5. The van der Waals surface area contributed by atoms with E-state index in [4.69, 9.17) is 35.7 Å². The third-order valence-corrected chi connectivity index (χ3v) is 12.3. The molecular weight excluding hydrogens is 761 g/mol. The van der Waals surface area contributed by atoms with Crippen LogP contribution in [0, 0.1) is 29.4 Å². The normalized spacial score (nSPS) is 22.3. The Morgan fingerprint density at radius 3 is 2.52 bits per heavy atom. The molecule has 3 unspecified atom stereocenters. The fraction of sp³-hybridized carbons (Fsp3) is 0.500. The molecule has 306 valence electrons. The number of ether oxygens (including phenoxy) is 3. The number of nitrogens with zero attached hydrogens (tertiary/aromatic N) is 7.